The summed E-state index contributed by atoms with van der Waals surface area (Å²) in [5, 5.41) is 12.2. The van der Waals surface area contributed by atoms with Crippen LogP contribution >= 0.6 is 12.4 Å². The van der Waals surface area contributed by atoms with Gasteiger partial charge in [0, 0.05) is 49.9 Å². The molecule has 2 aromatic heterocycles. The molecule has 2 aliphatic heterocycles. The van der Waals surface area contributed by atoms with Crippen molar-refractivity contribution in [3.05, 3.63) is 35.3 Å². The van der Waals surface area contributed by atoms with Crippen LogP contribution in [0.4, 0.5) is 0 Å². The molecule has 162 valence electrons. The fraction of sp³-hybridized carbons (Fsp3) is 0.682. The molecule has 0 bridgehead atoms. The summed E-state index contributed by atoms with van der Waals surface area (Å²) in [4.78, 5) is 15.1. The maximum absolute atomic E-state index is 13.0. The number of piperidine rings is 1. The second-order valence-electron chi connectivity index (χ2n) is 9.41. The number of amides is 1. The Balaban J connectivity index is 0.00000193. The van der Waals surface area contributed by atoms with E-state index >= 15 is 0 Å². The first-order chi connectivity index (χ1) is 14.2. The van der Waals surface area contributed by atoms with Crippen molar-refractivity contribution in [3.63, 3.8) is 0 Å². The van der Waals surface area contributed by atoms with E-state index in [1.165, 1.54) is 6.42 Å². The summed E-state index contributed by atoms with van der Waals surface area (Å²) in [6.07, 6.45) is 4.15. The number of halogens is 1. The van der Waals surface area contributed by atoms with Crippen molar-refractivity contribution in [3.8, 4) is 0 Å². The maximum atomic E-state index is 13.0. The second-order valence-corrected chi connectivity index (χ2v) is 9.41. The van der Waals surface area contributed by atoms with E-state index in [9.17, 15) is 4.79 Å². The summed E-state index contributed by atoms with van der Waals surface area (Å²) in [5.74, 6) is 6.82. The van der Waals surface area contributed by atoms with Gasteiger partial charge in [-0.05, 0) is 43.7 Å². The van der Waals surface area contributed by atoms with Crippen molar-refractivity contribution in [1.82, 2.24) is 25.0 Å². The zero-order valence-corrected chi connectivity index (χ0v) is 18.2. The number of nitrogens with zero attached hydrogens (tertiary/aromatic N) is 4. The maximum Gasteiger partial charge on any atom is 0.226 e. The van der Waals surface area contributed by atoms with Gasteiger partial charge in [-0.25, -0.2) is 0 Å². The molecule has 7 nitrogen and oxygen atoms in total. The molecule has 8 heteroatoms. The molecule has 2 saturated carbocycles. The highest BCUT2D eigenvalue weighted by Crippen LogP contribution is 2.52. The first-order valence-electron chi connectivity index (χ1n) is 11.2. The van der Waals surface area contributed by atoms with Crippen LogP contribution in [-0.2, 0) is 17.9 Å². The molecule has 0 spiro atoms. The minimum Gasteiger partial charge on any atom is -0.465 e. The second kappa shape index (κ2) is 7.68. The Morgan fingerprint density at radius 2 is 1.83 bits per heavy atom. The van der Waals surface area contributed by atoms with E-state index in [2.05, 4.69) is 44.0 Å². The fourth-order valence-corrected chi connectivity index (χ4v) is 5.28. The van der Waals surface area contributed by atoms with Crippen LogP contribution in [0, 0.1) is 11.8 Å². The molecule has 4 aliphatic rings. The Bertz CT molecular complexity index is 932. The van der Waals surface area contributed by atoms with Gasteiger partial charge in [0.05, 0.1) is 6.54 Å². The van der Waals surface area contributed by atoms with Gasteiger partial charge < -0.3 is 19.2 Å². The number of hydrogen-bond acceptors (Lipinski definition) is 5. The molecule has 3 fully saturated rings. The third-order valence-electron chi connectivity index (χ3n) is 7.42. The zero-order chi connectivity index (χ0) is 19.5. The van der Waals surface area contributed by atoms with Crippen LogP contribution in [0.3, 0.4) is 0 Å². The first kappa shape index (κ1) is 20.1. The van der Waals surface area contributed by atoms with Gasteiger partial charge in [0.1, 0.15) is 23.2 Å². The highest BCUT2D eigenvalue weighted by molar-refractivity contribution is 5.85. The molecular weight excluding hydrogens is 402 g/mol. The van der Waals surface area contributed by atoms with E-state index in [1.807, 2.05) is 0 Å². The lowest BCUT2D eigenvalue weighted by Crippen LogP contribution is -2.39. The number of likely N-dealkylation sites (tertiary alicyclic amines) is 1. The Morgan fingerprint density at radius 1 is 1.10 bits per heavy atom. The molecule has 2 aromatic rings. The predicted molar refractivity (Wildman–Crippen MR) is 114 cm³/mol. The minimum atomic E-state index is 0. The summed E-state index contributed by atoms with van der Waals surface area (Å²) in [5.41, 5.74) is 0. The van der Waals surface area contributed by atoms with Gasteiger partial charge in [-0.3, -0.25) is 4.79 Å². The molecule has 6 rings (SSSR count). The van der Waals surface area contributed by atoms with Crippen LogP contribution in [0.15, 0.2) is 16.5 Å². The number of carbonyl (C=O) groups excluding carboxylic acids is 1. The Hall–Kier alpha value is -1.86. The van der Waals surface area contributed by atoms with Crippen LogP contribution in [0.1, 0.15) is 73.5 Å². The zero-order valence-electron chi connectivity index (χ0n) is 17.4. The van der Waals surface area contributed by atoms with Crippen LogP contribution < -0.4 is 5.32 Å². The van der Waals surface area contributed by atoms with Gasteiger partial charge in [0.2, 0.25) is 5.91 Å². The van der Waals surface area contributed by atoms with Gasteiger partial charge in [-0.2, -0.15) is 0 Å². The lowest BCUT2D eigenvalue weighted by molar-refractivity contribution is -0.133. The van der Waals surface area contributed by atoms with Crippen molar-refractivity contribution < 1.29 is 9.21 Å². The van der Waals surface area contributed by atoms with Gasteiger partial charge in [-0.15, -0.1) is 22.6 Å². The summed E-state index contributed by atoms with van der Waals surface area (Å²) < 4.78 is 8.38. The van der Waals surface area contributed by atoms with Gasteiger partial charge in [0.15, 0.2) is 0 Å². The monoisotopic (exact) mass is 431 g/mol. The lowest BCUT2D eigenvalue weighted by Gasteiger charge is -2.32. The highest BCUT2D eigenvalue weighted by Gasteiger charge is 2.49. The molecule has 1 amide bonds. The Kier molecular flexibility index (Phi) is 5.14. The van der Waals surface area contributed by atoms with Gasteiger partial charge in [-0.1, -0.05) is 6.92 Å². The molecule has 1 saturated heterocycles. The summed E-state index contributed by atoms with van der Waals surface area (Å²) >= 11 is 0. The molecule has 2 aliphatic carbocycles. The van der Waals surface area contributed by atoms with E-state index in [0.717, 1.165) is 81.1 Å². The quantitative estimate of drug-likeness (QED) is 0.805. The van der Waals surface area contributed by atoms with Crippen molar-refractivity contribution in [2.45, 2.75) is 63.5 Å². The highest BCUT2D eigenvalue weighted by atomic mass is 35.5. The van der Waals surface area contributed by atoms with Crippen molar-refractivity contribution >= 4 is 18.3 Å². The van der Waals surface area contributed by atoms with E-state index < -0.39 is 0 Å². The molecule has 4 unspecified atom stereocenters. The average molecular weight is 432 g/mol. The number of fused-ring (bicyclic) bond motifs is 1. The largest absolute Gasteiger partial charge is 0.465 e. The van der Waals surface area contributed by atoms with Gasteiger partial charge >= 0.3 is 0 Å². The smallest absolute Gasteiger partial charge is 0.226 e. The van der Waals surface area contributed by atoms with E-state index in [0.29, 0.717) is 23.7 Å². The summed E-state index contributed by atoms with van der Waals surface area (Å²) in [6, 6.07) is 4.23. The minimum absolute atomic E-state index is 0. The molecule has 4 heterocycles. The molecule has 0 radical (unpaired) electrons. The number of rotatable bonds is 4. The van der Waals surface area contributed by atoms with E-state index in [-0.39, 0.29) is 18.3 Å². The molecule has 0 aromatic carbocycles. The molecule has 30 heavy (non-hydrogen) atoms. The van der Waals surface area contributed by atoms with Crippen LogP contribution in [0.5, 0.6) is 0 Å². The third kappa shape index (κ3) is 3.46. The van der Waals surface area contributed by atoms with Crippen molar-refractivity contribution in [2.75, 3.05) is 19.6 Å². The van der Waals surface area contributed by atoms with Crippen molar-refractivity contribution in [2.24, 2.45) is 11.8 Å². The first-order valence-corrected chi connectivity index (χ1v) is 11.2. The number of aromatic nitrogens is 3. The predicted octanol–water partition coefficient (Wildman–Crippen LogP) is 3.03. The number of carbonyl (C=O) groups is 1. The lowest BCUT2D eigenvalue weighted by atomic mass is 9.95. The van der Waals surface area contributed by atoms with E-state index in [4.69, 9.17) is 4.42 Å². The molecule has 1 N–H and O–H groups in total. The summed E-state index contributed by atoms with van der Waals surface area (Å²) in [6.45, 7) is 6.66. The van der Waals surface area contributed by atoms with Crippen LogP contribution in [0.2, 0.25) is 0 Å². The average Bonchev–Trinajstić information content (AvgIpc) is 3.59. The Labute approximate surface area is 183 Å². The molecular formula is C22H30ClN5O2. The standard InChI is InChI=1S/C22H29N5O2.ClH/c1-13-10-15(13)18-2-3-19(29-18)16-11-17(16)22(28)26-7-4-14(5-8-26)21-25-24-20-12-23-6-9-27(20)21;/h2-3,13-17,23H,4-12H2,1H3;1H. The Morgan fingerprint density at radius 3 is 2.57 bits per heavy atom. The SMILES string of the molecule is CC1CC1c1ccc(C2CC2C(=O)N2CCC(c3nnc4n3CCNC4)CC2)o1.Cl. The van der Waals surface area contributed by atoms with Crippen molar-refractivity contribution in [1.29, 1.82) is 0 Å². The van der Waals surface area contributed by atoms with Crippen LogP contribution in [-0.4, -0.2) is 45.2 Å². The fourth-order valence-electron chi connectivity index (χ4n) is 5.28. The number of furan rings is 1. The topological polar surface area (TPSA) is 76.2 Å². The summed E-state index contributed by atoms with van der Waals surface area (Å²) in [7, 11) is 0. The van der Waals surface area contributed by atoms with E-state index in [1.54, 1.807) is 0 Å². The van der Waals surface area contributed by atoms with Gasteiger partial charge in [0.25, 0.3) is 0 Å². The van der Waals surface area contributed by atoms with Crippen LogP contribution in [0.25, 0.3) is 0 Å². The normalized spacial score (nSPS) is 30.5. The molecule has 4 atom stereocenters. The third-order valence-corrected chi connectivity index (χ3v) is 7.42. The number of nitrogens with one attached hydrogen (secondary N) is 1. The number of hydrogen-bond donors (Lipinski definition) is 1.